The minimum Gasteiger partial charge on any atom is -0.355 e. The monoisotopic (exact) mass is 342 g/mol. The molecule has 0 spiro atoms. The summed E-state index contributed by atoms with van der Waals surface area (Å²) in [5, 5.41) is 7.38. The molecule has 1 aliphatic heterocycles. The molecule has 5 heteroatoms. The molecule has 1 saturated heterocycles. The predicted molar refractivity (Wildman–Crippen MR) is 92.8 cm³/mol. The van der Waals surface area contributed by atoms with Crippen LogP contribution in [0, 0.1) is 5.92 Å². The van der Waals surface area contributed by atoms with Gasteiger partial charge in [-0.2, -0.15) is 0 Å². The maximum atomic E-state index is 12.4. The molecule has 2 fully saturated rings. The molecule has 0 aromatic heterocycles. The first-order chi connectivity index (χ1) is 10.1. The Labute approximate surface area is 143 Å². The van der Waals surface area contributed by atoms with Gasteiger partial charge in [0.05, 0.1) is 0 Å². The van der Waals surface area contributed by atoms with Crippen molar-refractivity contribution in [3.8, 4) is 0 Å². The van der Waals surface area contributed by atoms with E-state index in [1.54, 1.807) is 0 Å². The van der Waals surface area contributed by atoms with Gasteiger partial charge < -0.3 is 10.6 Å². The molecular formula is C17H24Cl2N2O. The van der Waals surface area contributed by atoms with Gasteiger partial charge in [0.2, 0.25) is 5.91 Å². The molecule has 1 saturated carbocycles. The first-order valence-corrected chi connectivity index (χ1v) is 8.25. The number of amides is 1. The molecule has 2 atom stereocenters. The average molecular weight is 343 g/mol. The van der Waals surface area contributed by atoms with Crippen molar-refractivity contribution in [1.29, 1.82) is 0 Å². The van der Waals surface area contributed by atoms with E-state index in [4.69, 9.17) is 11.6 Å². The first kappa shape index (κ1) is 17.6. The van der Waals surface area contributed by atoms with E-state index >= 15 is 0 Å². The Morgan fingerprint density at radius 1 is 1.41 bits per heavy atom. The predicted octanol–water partition coefficient (Wildman–Crippen LogP) is 3.30. The van der Waals surface area contributed by atoms with Gasteiger partial charge in [0.15, 0.2) is 0 Å². The summed E-state index contributed by atoms with van der Waals surface area (Å²) in [6, 6.07) is 8.45. The van der Waals surface area contributed by atoms with Crippen molar-refractivity contribution in [1.82, 2.24) is 10.6 Å². The molecule has 0 radical (unpaired) electrons. The second kappa shape index (κ2) is 7.20. The zero-order valence-corrected chi connectivity index (χ0v) is 14.5. The Bertz CT molecular complexity index is 531. The van der Waals surface area contributed by atoms with Crippen LogP contribution >= 0.6 is 24.0 Å². The summed E-state index contributed by atoms with van der Waals surface area (Å²) in [5.74, 6) is 0.366. The van der Waals surface area contributed by atoms with Crippen LogP contribution in [-0.4, -0.2) is 25.0 Å². The van der Waals surface area contributed by atoms with Gasteiger partial charge in [0.1, 0.15) is 0 Å². The molecule has 1 aromatic carbocycles. The smallest absolute Gasteiger partial charge is 0.223 e. The van der Waals surface area contributed by atoms with E-state index in [9.17, 15) is 4.79 Å². The van der Waals surface area contributed by atoms with E-state index in [0.717, 1.165) is 37.3 Å². The van der Waals surface area contributed by atoms with Crippen LogP contribution in [0.1, 0.15) is 38.2 Å². The molecule has 0 unspecified atom stereocenters. The van der Waals surface area contributed by atoms with Crippen LogP contribution in [0.4, 0.5) is 0 Å². The topological polar surface area (TPSA) is 41.1 Å². The van der Waals surface area contributed by atoms with Crippen molar-refractivity contribution >= 4 is 29.9 Å². The van der Waals surface area contributed by atoms with Gasteiger partial charge in [-0.3, -0.25) is 4.79 Å². The Hall–Kier alpha value is -0.770. The molecule has 3 rings (SSSR count). The number of benzene rings is 1. The lowest BCUT2D eigenvalue weighted by Crippen LogP contribution is -2.44. The lowest BCUT2D eigenvalue weighted by Gasteiger charge is -2.28. The van der Waals surface area contributed by atoms with Crippen LogP contribution in [0.15, 0.2) is 24.3 Å². The fourth-order valence-electron chi connectivity index (χ4n) is 3.35. The Morgan fingerprint density at radius 3 is 2.77 bits per heavy atom. The number of piperidine rings is 1. The second-order valence-electron chi connectivity index (χ2n) is 6.55. The van der Waals surface area contributed by atoms with E-state index in [2.05, 4.69) is 23.6 Å². The number of hydrogen-bond donors (Lipinski definition) is 2. The molecule has 1 aromatic rings. The highest BCUT2D eigenvalue weighted by Gasteiger charge is 2.45. The van der Waals surface area contributed by atoms with E-state index in [0.29, 0.717) is 12.6 Å². The zero-order valence-electron chi connectivity index (χ0n) is 12.9. The molecule has 122 valence electrons. The maximum absolute atomic E-state index is 12.4. The van der Waals surface area contributed by atoms with Gasteiger partial charge in [0.25, 0.3) is 0 Å². The third-order valence-corrected chi connectivity index (χ3v) is 5.22. The van der Waals surface area contributed by atoms with E-state index < -0.39 is 0 Å². The third-order valence-electron chi connectivity index (χ3n) is 4.89. The summed E-state index contributed by atoms with van der Waals surface area (Å²) in [5.41, 5.74) is 1.26. The van der Waals surface area contributed by atoms with Crippen molar-refractivity contribution in [3.05, 3.63) is 34.9 Å². The van der Waals surface area contributed by atoms with Gasteiger partial charge in [-0.1, -0.05) is 29.8 Å². The van der Waals surface area contributed by atoms with E-state index in [-0.39, 0.29) is 29.6 Å². The van der Waals surface area contributed by atoms with Crippen molar-refractivity contribution in [2.45, 2.75) is 44.1 Å². The highest BCUT2D eigenvalue weighted by atomic mass is 35.5. The highest BCUT2D eigenvalue weighted by Crippen LogP contribution is 2.49. The molecule has 1 aliphatic carbocycles. The minimum absolute atomic E-state index is 0. The maximum Gasteiger partial charge on any atom is 0.223 e. The molecule has 2 N–H and O–H groups in total. The zero-order chi connectivity index (χ0) is 14.9. The molecule has 0 bridgehead atoms. The van der Waals surface area contributed by atoms with Gasteiger partial charge in [-0.05, 0) is 50.8 Å². The Morgan fingerprint density at radius 2 is 2.14 bits per heavy atom. The van der Waals surface area contributed by atoms with Crippen LogP contribution in [-0.2, 0) is 10.2 Å². The standard InChI is InChI=1S/C17H23ClN2O.ClH/c1-12-10-13(6-9-19-12)16(21)20-11-17(7-8-17)14-4-2-3-5-15(14)18;/h2-5,12-13,19H,6-11H2,1H3,(H,20,21);1H/t12-,13-;/m0./s1. The number of halogens is 2. The number of rotatable bonds is 4. The van der Waals surface area contributed by atoms with Crippen LogP contribution in [0.5, 0.6) is 0 Å². The molecule has 1 amide bonds. The van der Waals surface area contributed by atoms with Crippen molar-refractivity contribution in [3.63, 3.8) is 0 Å². The van der Waals surface area contributed by atoms with Crippen LogP contribution in [0.3, 0.4) is 0 Å². The summed E-state index contributed by atoms with van der Waals surface area (Å²) in [6.07, 6.45) is 4.10. The van der Waals surface area contributed by atoms with Gasteiger partial charge in [-0.15, -0.1) is 12.4 Å². The van der Waals surface area contributed by atoms with Gasteiger partial charge >= 0.3 is 0 Å². The largest absolute Gasteiger partial charge is 0.355 e. The lowest BCUT2D eigenvalue weighted by molar-refractivity contribution is -0.126. The highest BCUT2D eigenvalue weighted by molar-refractivity contribution is 6.31. The van der Waals surface area contributed by atoms with Gasteiger partial charge in [0, 0.05) is 28.9 Å². The minimum atomic E-state index is 0. The number of hydrogen-bond acceptors (Lipinski definition) is 2. The van der Waals surface area contributed by atoms with Crippen LogP contribution < -0.4 is 10.6 Å². The lowest BCUT2D eigenvalue weighted by atomic mass is 9.91. The summed E-state index contributed by atoms with van der Waals surface area (Å²) >= 11 is 6.31. The molecular weight excluding hydrogens is 319 g/mol. The summed E-state index contributed by atoms with van der Waals surface area (Å²) in [7, 11) is 0. The number of carbonyl (C=O) groups is 1. The third kappa shape index (κ3) is 3.76. The van der Waals surface area contributed by atoms with Crippen LogP contribution in [0.25, 0.3) is 0 Å². The number of nitrogens with one attached hydrogen (secondary N) is 2. The molecule has 1 heterocycles. The normalized spacial score (nSPS) is 25.9. The fraction of sp³-hybridized carbons (Fsp3) is 0.588. The first-order valence-electron chi connectivity index (χ1n) is 7.87. The molecule has 22 heavy (non-hydrogen) atoms. The summed E-state index contributed by atoms with van der Waals surface area (Å²) in [6.45, 7) is 3.80. The average Bonchev–Trinajstić information content (AvgIpc) is 3.26. The quantitative estimate of drug-likeness (QED) is 0.881. The second-order valence-corrected chi connectivity index (χ2v) is 6.96. The molecule has 3 nitrogen and oxygen atoms in total. The van der Waals surface area contributed by atoms with Crippen molar-refractivity contribution < 1.29 is 4.79 Å². The molecule has 2 aliphatic rings. The van der Waals surface area contributed by atoms with E-state index in [1.807, 2.05) is 18.2 Å². The fourth-order valence-corrected chi connectivity index (χ4v) is 3.69. The van der Waals surface area contributed by atoms with Crippen molar-refractivity contribution in [2.75, 3.05) is 13.1 Å². The Kier molecular flexibility index (Phi) is 5.76. The SMILES string of the molecule is C[C@H]1C[C@@H](C(=O)NCC2(c3ccccc3Cl)CC2)CCN1.Cl. The van der Waals surface area contributed by atoms with E-state index in [1.165, 1.54) is 5.56 Å². The Balaban J connectivity index is 0.00000176. The number of carbonyl (C=O) groups excluding carboxylic acids is 1. The summed E-state index contributed by atoms with van der Waals surface area (Å²) < 4.78 is 0. The van der Waals surface area contributed by atoms with Crippen molar-refractivity contribution in [2.24, 2.45) is 5.92 Å². The van der Waals surface area contributed by atoms with Crippen LogP contribution in [0.2, 0.25) is 5.02 Å². The van der Waals surface area contributed by atoms with Gasteiger partial charge in [-0.25, -0.2) is 0 Å². The summed E-state index contributed by atoms with van der Waals surface area (Å²) in [4.78, 5) is 12.4.